The highest BCUT2D eigenvalue weighted by Crippen LogP contribution is 2.25. The van der Waals surface area contributed by atoms with Gasteiger partial charge in [0.2, 0.25) is 0 Å². The lowest BCUT2D eigenvalue weighted by Crippen LogP contribution is -2.39. The average molecular weight is 390 g/mol. The fraction of sp³-hybridized carbons (Fsp3) is 0.476. The molecule has 148 valence electrons. The molecule has 1 atom stereocenters. The van der Waals surface area contributed by atoms with Crippen molar-refractivity contribution in [2.24, 2.45) is 4.99 Å². The van der Waals surface area contributed by atoms with Crippen LogP contribution >= 0.6 is 11.3 Å². The Bertz CT molecular complexity index is 657. The summed E-state index contributed by atoms with van der Waals surface area (Å²) in [7, 11) is 0. The number of aliphatic hydroxyl groups is 1. The van der Waals surface area contributed by atoms with Crippen LogP contribution in [0.1, 0.15) is 30.7 Å². The lowest BCUT2D eigenvalue weighted by Gasteiger charge is -2.20. The largest absolute Gasteiger partial charge is 0.383 e. The van der Waals surface area contributed by atoms with Crippen molar-refractivity contribution in [1.29, 1.82) is 0 Å². The van der Waals surface area contributed by atoms with Gasteiger partial charge in [0.1, 0.15) is 5.60 Å². The zero-order valence-corrected chi connectivity index (χ0v) is 17.1. The van der Waals surface area contributed by atoms with E-state index in [1.54, 1.807) is 18.3 Å². The summed E-state index contributed by atoms with van der Waals surface area (Å²) >= 11 is 1.55. The van der Waals surface area contributed by atoms with Crippen LogP contribution in [0.4, 0.5) is 0 Å². The molecule has 0 aliphatic heterocycles. The number of nitrogens with zero attached hydrogens (tertiary/aromatic N) is 1. The van der Waals surface area contributed by atoms with E-state index in [0.29, 0.717) is 13.2 Å². The SMILES string of the molecule is CCNC(=NCC(C)(O)c1cccs1)NCCCOCCc1ccccc1. The highest BCUT2D eigenvalue weighted by atomic mass is 32.1. The van der Waals surface area contributed by atoms with Gasteiger partial charge >= 0.3 is 0 Å². The number of thiophene rings is 1. The first-order valence-electron chi connectivity index (χ1n) is 9.52. The highest BCUT2D eigenvalue weighted by molar-refractivity contribution is 7.10. The number of hydrogen-bond acceptors (Lipinski definition) is 4. The molecule has 1 unspecified atom stereocenters. The average Bonchev–Trinajstić information content (AvgIpc) is 3.22. The number of nitrogens with one attached hydrogen (secondary N) is 2. The first-order chi connectivity index (χ1) is 13.1. The van der Waals surface area contributed by atoms with E-state index in [-0.39, 0.29) is 0 Å². The van der Waals surface area contributed by atoms with Crippen LogP contribution in [0.15, 0.2) is 52.8 Å². The van der Waals surface area contributed by atoms with Crippen LogP contribution < -0.4 is 10.6 Å². The number of benzene rings is 1. The molecule has 0 saturated carbocycles. The van der Waals surface area contributed by atoms with Crippen LogP contribution in [0.25, 0.3) is 0 Å². The van der Waals surface area contributed by atoms with Gasteiger partial charge in [-0.1, -0.05) is 36.4 Å². The fourth-order valence-corrected chi connectivity index (χ4v) is 3.33. The molecule has 3 N–H and O–H groups in total. The maximum Gasteiger partial charge on any atom is 0.191 e. The number of guanidine groups is 1. The minimum absolute atomic E-state index is 0.316. The smallest absolute Gasteiger partial charge is 0.191 e. The fourth-order valence-electron chi connectivity index (χ4n) is 2.56. The Labute approximate surface area is 166 Å². The lowest BCUT2D eigenvalue weighted by atomic mass is 10.1. The van der Waals surface area contributed by atoms with Crippen molar-refractivity contribution in [2.75, 3.05) is 32.8 Å². The zero-order valence-electron chi connectivity index (χ0n) is 16.3. The number of rotatable bonds is 11. The zero-order chi connectivity index (χ0) is 19.4. The molecule has 2 aromatic rings. The molecular formula is C21H31N3O2S. The van der Waals surface area contributed by atoms with Gasteiger partial charge in [-0.05, 0) is 43.7 Å². The third-order valence-electron chi connectivity index (χ3n) is 4.08. The van der Waals surface area contributed by atoms with E-state index < -0.39 is 5.60 Å². The van der Waals surface area contributed by atoms with Crippen LogP contribution in [-0.4, -0.2) is 43.9 Å². The van der Waals surface area contributed by atoms with E-state index >= 15 is 0 Å². The number of hydrogen-bond donors (Lipinski definition) is 3. The van der Waals surface area contributed by atoms with Crippen molar-refractivity contribution >= 4 is 17.3 Å². The summed E-state index contributed by atoms with van der Waals surface area (Å²) in [5, 5.41) is 19.1. The summed E-state index contributed by atoms with van der Waals surface area (Å²) < 4.78 is 5.70. The summed E-state index contributed by atoms with van der Waals surface area (Å²) in [5.41, 5.74) is 0.354. The van der Waals surface area contributed by atoms with Crippen LogP contribution in [0.2, 0.25) is 0 Å². The molecule has 5 nitrogen and oxygen atoms in total. The van der Waals surface area contributed by atoms with Gasteiger partial charge in [0, 0.05) is 24.6 Å². The first kappa shape index (κ1) is 21.4. The Morgan fingerprint density at radius 3 is 2.67 bits per heavy atom. The van der Waals surface area contributed by atoms with Gasteiger partial charge in [-0.15, -0.1) is 11.3 Å². The molecule has 0 bridgehead atoms. The molecule has 1 aromatic carbocycles. The van der Waals surface area contributed by atoms with Gasteiger partial charge in [-0.25, -0.2) is 4.99 Å². The molecule has 0 amide bonds. The third kappa shape index (κ3) is 8.12. The number of aliphatic imine (C=N–C) groups is 1. The van der Waals surface area contributed by atoms with Gasteiger partial charge in [-0.3, -0.25) is 0 Å². The second-order valence-electron chi connectivity index (χ2n) is 6.57. The lowest BCUT2D eigenvalue weighted by molar-refractivity contribution is 0.0711. The van der Waals surface area contributed by atoms with Crippen molar-refractivity contribution < 1.29 is 9.84 Å². The number of ether oxygens (including phenoxy) is 1. The van der Waals surface area contributed by atoms with Gasteiger partial charge in [0.15, 0.2) is 5.96 Å². The van der Waals surface area contributed by atoms with Gasteiger partial charge in [-0.2, -0.15) is 0 Å². The molecule has 1 heterocycles. The summed E-state index contributed by atoms with van der Waals surface area (Å²) in [4.78, 5) is 5.45. The van der Waals surface area contributed by atoms with Crippen LogP contribution in [0.3, 0.4) is 0 Å². The minimum Gasteiger partial charge on any atom is -0.383 e. The second-order valence-corrected chi connectivity index (χ2v) is 7.52. The molecule has 6 heteroatoms. The van der Waals surface area contributed by atoms with E-state index in [1.807, 2.05) is 30.5 Å². The van der Waals surface area contributed by atoms with Gasteiger partial charge in [0.05, 0.1) is 13.2 Å². The van der Waals surface area contributed by atoms with Crippen LogP contribution in [-0.2, 0) is 16.8 Å². The van der Waals surface area contributed by atoms with Gasteiger partial charge < -0.3 is 20.5 Å². The van der Waals surface area contributed by atoms with E-state index in [9.17, 15) is 5.11 Å². The molecular weight excluding hydrogens is 358 g/mol. The second kappa shape index (κ2) is 11.7. The van der Waals surface area contributed by atoms with Crippen molar-refractivity contribution in [1.82, 2.24) is 10.6 Å². The molecule has 27 heavy (non-hydrogen) atoms. The van der Waals surface area contributed by atoms with Crippen LogP contribution in [0.5, 0.6) is 0 Å². The van der Waals surface area contributed by atoms with Gasteiger partial charge in [0.25, 0.3) is 0 Å². The molecule has 0 saturated heterocycles. The Morgan fingerprint density at radius 2 is 1.96 bits per heavy atom. The van der Waals surface area contributed by atoms with E-state index in [2.05, 4.69) is 39.9 Å². The summed E-state index contributed by atoms with van der Waals surface area (Å²) in [6.45, 7) is 7.15. The Kier molecular flexibility index (Phi) is 9.31. The Hall–Kier alpha value is -1.89. The highest BCUT2D eigenvalue weighted by Gasteiger charge is 2.23. The summed E-state index contributed by atoms with van der Waals surface area (Å²) in [6, 6.07) is 14.3. The maximum absolute atomic E-state index is 10.6. The monoisotopic (exact) mass is 389 g/mol. The normalized spacial score (nSPS) is 14.0. The van der Waals surface area contributed by atoms with Crippen molar-refractivity contribution in [2.45, 2.75) is 32.3 Å². The molecule has 0 spiro atoms. The minimum atomic E-state index is -0.947. The molecule has 0 aliphatic rings. The van der Waals surface area contributed by atoms with Crippen molar-refractivity contribution in [3.63, 3.8) is 0 Å². The summed E-state index contributed by atoms with van der Waals surface area (Å²) in [5.74, 6) is 0.721. The predicted molar refractivity (Wildman–Crippen MR) is 113 cm³/mol. The Balaban J connectivity index is 1.65. The molecule has 2 rings (SSSR count). The van der Waals surface area contributed by atoms with Crippen LogP contribution in [0, 0.1) is 0 Å². The first-order valence-corrected chi connectivity index (χ1v) is 10.4. The van der Waals surface area contributed by atoms with Crippen molar-refractivity contribution in [3.05, 3.63) is 58.3 Å². The molecule has 0 fully saturated rings. The van der Waals surface area contributed by atoms with E-state index in [0.717, 1.165) is 43.4 Å². The standard InChI is InChI=1S/C21H31N3O2S/c1-3-22-20(24-17-21(2,25)19-11-7-16-27-19)23-13-8-14-26-15-12-18-9-5-4-6-10-18/h4-7,9-11,16,25H,3,8,12-15,17H2,1-2H3,(H2,22,23,24). The molecule has 0 aliphatic carbocycles. The van der Waals surface area contributed by atoms with E-state index in [1.165, 1.54) is 5.56 Å². The maximum atomic E-state index is 10.6. The predicted octanol–water partition coefficient (Wildman–Crippen LogP) is 3.16. The summed E-state index contributed by atoms with van der Waals surface area (Å²) in [6.07, 6.45) is 1.84. The Morgan fingerprint density at radius 1 is 1.15 bits per heavy atom. The van der Waals surface area contributed by atoms with E-state index in [4.69, 9.17) is 4.74 Å². The third-order valence-corrected chi connectivity index (χ3v) is 5.20. The molecule has 0 radical (unpaired) electrons. The molecule has 1 aromatic heterocycles. The topological polar surface area (TPSA) is 65.9 Å². The van der Waals surface area contributed by atoms with Crippen molar-refractivity contribution in [3.8, 4) is 0 Å². The quantitative estimate of drug-likeness (QED) is 0.314.